The van der Waals surface area contributed by atoms with Crippen LogP contribution < -0.4 is 10.5 Å². The molecular weight excluding hydrogens is 467 g/mol. The lowest BCUT2D eigenvalue weighted by Crippen LogP contribution is -2.36. The average Bonchev–Trinajstić information content (AvgIpc) is 3.53. The molecule has 12 heteroatoms. The van der Waals surface area contributed by atoms with Crippen LogP contribution in [-0.4, -0.2) is 46.0 Å². The first kappa shape index (κ1) is 24.3. The molecule has 1 aliphatic rings. The van der Waals surface area contributed by atoms with Crippen LogP contribution in [-0.2, 0) is 17.5 Å². The molecule has 0 saturated carbocycles. The van der Waals surface area contributed by atoms with E-state index in [-0.39, 0.29) is 42.2 Å². The van der Waals surface area contributed by atoms with Crippen molar-refractivity contribution in [2.24, 2.45) is 10.9 Å². The number of guanidine groups is 1. The van der Waals surface area contributed by atoms with Crippen molar-refractivity contribution in [1.29, 1.82) is 0 Å². The van der Waals surface area contributed by atoms with E-state index in [0.29, 0.717) is 19.6 Å². The van der Waals surface area contributed by atoms with Gasteiger partial charge in [-0.05, 0) is 36.6 Å². The van der Waals surface area contributed by atoms with Gasteiger partial charge in [0.2, 0.25) is 17.7 Å². The Balaban J connectivity index is 1.44. The van der Waals surface area contributed by atoms with Gasteiger partial charge in [-0.1, -0.05) is 40.6 Å². The van der Waals surface area contributed by atoms with Crippen molar-refractivity contribution in [3.8, 4) is 17.1 Å². The first-order valence-electron chi connectivity index (χ1n) is 10.9. The van der Waals surface area contributed by atoms with Crippen LogP contribution in [0.15, 0.2) is 58.2 Å². The zero-order valence-corrected chi connectivity index (χ0v) is 18.6. The van der Waals surface area contributed by atoms with Gasteiger partial charge in [-0.2, -0.15) is 18.2 Å². The van der Waals surface area contributed by atoms with Crippen molar-refractivity contribution in [2.75, 3.05) is 19.8 Å². The molecule has 0 bridgehead atoms. The summed E-state index contributed by atoms with van der Waals surface area (Å²) in [6.45, 7) is 0.939. The Morgan fingerprint density at radius 2 is 2.00 bits per heavy atom. The van der Waals surface area contributed by atoms with Gasteiger partial charge in [0.25, 0.3) is 0 Å². The average molecular weight is 491 g/mol. The fourth-order valence-electron chi connectivity index (χ4n) is 3.83. The highest BCUT2D eigenvalue weighted by Gasteiger charge is 2.36. The predicted molar refractivity (Wildman–Crippen MR) is 118 cm³/mol. The second-order valence-electron chi connectivity index (χ2n) is 7.86. The summed E-state index contributed by atoms with van der Waals surface area (Å²) in [6, 6.07) is 12.6. The molecule has 0 unspecified atom stereocenters. The maximum atomic E-state index is 13.7. The van der Waals surface area contributed by atoms with E-state index in [9.17, 15) is 13.2 Å². The van der Waals surface area contributed by atoms with E-state index in [1.165, 1.54) is 12.1 Å². The van der Waals surface area contributed by atoms with E-state index >= 15 is 0 Å². The Hall–Kier alpha value is -3.80. The van der Waals surface area contributed by atoms with Gasteiger partial charge in [0.1, 0.15) is 18.4 Å². The number of benzene rings is 2. The summed E-state index contributed by atoms with van der Waals surface area (Å²) in [7, 11) is 0. The van der Waals surface area contributed by atoms with Crippen LogP contribution in [0.5, 0.6) is 5.75 Å². The third kappa shape index (κ3) is 5.83. The normalized spacial score (nSPS) is 16.6. The Morgan fingerprint density at radius 3 is 2.74 bits per heavy atom. The van der Waals surface area contributed by atoms with Crippen molar-refractivity contribution < 1.29 is 32.4 Å². The maximum absolute atomic E-state index is 13.7. The highest BCUT2D eigenvalue weighted by molar-refractivity contribution is 5.78. The Labute approximate surface area is 198 Å². The van der Waals surface area contributed by atoms with Crippen molar-refractivity contribution in [3.63, 3.8) is 0 Å². The van der Waals surface area contributed by atoms with Gasteiger partial charge >= 0.3 is 6.18 Å². The van der Waals surface area contributed by atoms with Crippen LogP contribution in [0.3, 0.4) is 0 Å². The summed E-state index contributed by atoms with van der Waals surface area (Å²) in [5.41, 5.74) is 5.81. The number of likely N-dealkylation sites (tertiary alicyclic amines) is 1. The van der Waals surface area contributed by atoms with Crippen molar-refractivity contribution in [2.45, 2.75) is 31.7 Å². The van der Waals surface area contributed by atoms with Crippen LogP contribution in [0.25, 0.3) is 11.4 Å². The van der Waals surface area contributed by atoms with Gasteiger partial charge in [0.15, 0.2) is 0 Å². The minimum atomic E-state index is -4.66. The lowest BCUT2D eigenvalue weighted by molar-refractivity contribution is -0.139. The molecule has 1 atom stereocenters. The van der Waals surface area contributed by atoms with Crippen LogP contribution in [0.1, 0.15) is 35.9 Å². The Morgan fingerprint density at radius 1 is 1.20 bits per heavy atom. The van der Waals surface area contributed by atoms with Gasteiger partial charge in [-0.25, -0.2) is 0 Å². The summed E-state index contributed by atoms with van der Waals surface area (Å²) in [5.74, 6) is -0.244. The first-order chi connectivity index (χ1) is 16.9. The summed E-state index contributed by atoms with van der Waals surface area (Å²) in [6.07, 6.45) is -3.29. The minimum Gasteiger partial charge on any atom is -0.491 e. The number of oxime groups is 1. The molecule has 1 saturated heterocycles. The van der Waals surface area contributed by atoms with Crippen molar-refractivity contribution in [1.82, 2.24) is 15.0 Å². The molecule has 9 nitrogen and oxygen atoms in total. The molecule has 1 fully saturated rings. The molecule has 0 aliphatic carbocycles. The second kappa shape index (κ2) is 10.6. The van der Waals surface area contributed by atoms with Gasteiger partial charge in [0, 0.05) is 12.1 Å². The molecule has 2 heterocycles. The Bertz CT molecular complexity index is 1150. The van der Waals surface area contributed by atoms with E-state index < -0.39 is 17.8 Å². The molecule has 1 aromatic heterocycles. The van der Waals surface area contributed by atoms with Crippen molar-refractivity contribution >= 4 is 5.96 Å². The molecule has 2 aromatic carbocycles. The predicted octanol–water partition coefficient (Wildman–Crippen LogP) is 4.19. The van der Waals surface area contributed by atoms with E-state index in [1.807, 2.05) is 30.3 Å². The minimum absolute atomic E-state index is 0.00500. The maximum Gasteiger partial charge on any atom is 0.419 e. The highest BCUT2D eigenvalue weighted by Crippen LogP contribution is 2.39. The van der Waals surface area contributed by atoms with E-state index in [4.69, 9.17) is 24.9 Å². The topological polar surface area (TPSA) is 119 Å². The highest BCUT2D eigenvalue weighted by atomic mass is 19.4. The molecule has 3 aromatic rings. The van der Waals surface area contributed by atoms with Gasteiger partial charge in [-0.15, -0.1) is 0 Å². The summed E-state index contributed by atoms with van der Waals surface area (Å²) in [5, 5.41) is 15.8. The molecule has 0 spiro atoms. The molecule has 3 N–H and O–H groups in total. The Kier molecular flexibility index (Phi) is 7.39. The first-order valence-corrected chi connectivity index (χ1v) is 10.9. The third-order valence-electron chi connectivity index (χ3n) is 5.52. The number of rotatable bonds is 8. The number of hydrogen-bond acceptors (Lipinski definition) is 7. The number of aromatic nitrogens is 2. The van der Waals surface area contributed by atoms with Gasteiger partial charge < -0.3 is 29.8 Å². The van der Waals surface area contributed by atoms with Crippen LogP contribution >= 0.6 is 0 Å². The van der Waals surface area contributed by atoms with Crippen LogP contribution in [0, 0.1) is 0 Å². The summed E-state index contributed by atoms with van der Waals surface area (Å²) < 4.78 is 57.3. The fraction of sp³-hybridized carbons (Fsp3) is 0.348. The lowest BCUT2D eigenvalue weighted by atomic mass is 10.1. The molecule has 0 radical (unpaired) electrons. The molecular formula is C23H24F3N5O4. The molecule has 186 valence electrons. The van der Waals surface area contributed by atoms with Crippen LogP contribution in [0.2, 0.25) is 0 Å². The van der Waals surface area contributed by atoms with E-state index in [1.54, 1.807) is 4.90 Å². The zero-order chi connectivity index (χ0) is 24.8. The van der Waals surface area contributed by atoms with E-state index in [2.05, 4.69) is 15.3 Å². The molecule has 4 rings (SSSR count). The van der Waals surface area contributed by atoms with Crippen molar-refractivity contribution in [3.05, 3.63) is 65.5 Å². The number of ether oxygens (including phenoxy) is 2. The fourth-order valence-corrected chi connectivity index (χ4v) is 3.83. The van der Waals surface area contributed by atoms with Crippen LogP contribution in [0.4, 0.5) is 13.2 Å². The molecule has 35 heavy (non-hydrogen) atoms. The molecule has 1 aliphatic heterocycles. The number of nitrogens with zero attached hydrogens (tertiary/aromatic N) is 4. The largest absolute Gasteiger partial charge is 0.491 e. The molecule has 0 amide bonds. The lowest BCUT2D eigenvalue weighted by Gasteiger charge is -2.21. The SMILES string of the molecule is N/C(=N\O)N1CCC[C@H]1c1nc(-c2ccc(OCCOCc3ccccc3)c(C(F)(F)F)c2)no1. The summed E-state index contributed by atoms with van der Waals surface area (Å²) >= 11 is 0. The number of nitrogens with two attached hydrogens (primary N) is 1. The standard InChI is InChI=1S/C23H24F3N5O4/c24-23(25,26)17-13-16(8-9-19(17)34-12-11-33-14-15-5-2-1-3-6-15)20-28-21(35-30-20)18-7-4-10-31(18)22(27)29-32/h1-3,5-6,8-9,13,18,32H,4,7,10-12,14H2,(H2,27,29)/t18-/m0/s1. The smallest absolute Gasteiger partial charge is 0.419 e. The number of hydrogen-bond donors (Lipinski definition) is 2. The van der Waals surface area contributed by atoms with E-state index in [0.717, 1.165) is 18.1 Å². The zero-order valence-electron chi connectivity index (χ0n) is 18.6. The van der Waals surface area contributed by atoms with Gasteiger partial charge in [-0.3, -0.25) is 0 Å². The quantitative estimate of drug-likeness (QED) is 0.158. The number of alkyl halides is 3. The third-order valence-corrected chi connectivity index (χ3v) is 5.52. The monoisotopic (exact) mass is 491 g/mol. The summed E-state index contributed by atoms with van der Waals surface area (Å²) in [4.78, 5) is 5.85. The number of halogens is 3. The second-order valence-corrected chi connectivity index (χ2v) is 7.86. The van der Waals surface area contributed by atoms with Gasteiger partial charge in [0.05, 0.1) is 18.8 Å².